The predicted molar refractivity (Wildman–Crippen MR) is 116 cm³/mol. The molecule has 0 aliphatic heterocycles. The largest absolute Gasteiger partial charge is 0.497 e. The van der Waals surface area contributed by atoms with Crippen LogP contribution in [0.5, 0.6) is 5.75 Å². The zero-order chi connectivity index (χ0) is 21.7. The summed E-state index contributed by atoms with van der Waals surface area (Å²) in [5.41, 5.74) is 2.60. The van der Waals surface area contributed by atoms with Crippen molar-refractivity contribution in [3.8, 4) is 11.4 Å². The minimum Gasteiger partial charge on any atom is -0.497 e. The van der Waals surface area contributed by atoms with Crippen molar-refractivity contribution in [1.29, 1.82) is 0 Å². The van der Waals surface area contributed by atoms with Crippen molar-refractivity contribution in [2.45, 2.75) is 19.9 Å². The van der Waals surface area contributed by atoms with Crippen LogP contribution < -0.4 is 10.3 Å². The van der Waals surface area contributed by atoms with Crippen LogP contribution in [0, 0.1) is 0 Å². The van der Waals surface area contributed by atoms with Crippen LogP contribution in [0.1, 0.15) is 23.7 Å². The third kappa shape index (κ3) is 4.80. The van der Waals surface area contributed by atoms with Crippen LogP contribution in [-0.4, -0.2) is 35.7 Å². The number of aromatic nitrogens is 2. The number of methoxy groups -OCH3 is 2. The van der Waals surface area contributed by atoms with E-state index in [1.807, 2.05) is 12.1 Å². The molecule has 0 atom stereocenters. The van der Waals surface area contributed by atoms with Crippen LogP contribution in [-0.2, 0) is 22.5 Å². The van der Waals surface area contributed by atoms with Gasteiger partial charge >= 0.3 is 5.97 Å². The van der Waals surface area contributed by atoms with Crippen molar-refractivity contribution >= 4 is 23.3 Å². The molecule has 3 aromatic rings. The predicted octanol–water partition coefficient (Wildman–Crippen LogP) is 3.55. The van der Waals surface area contributed by atoms with Crippen molar-refractivity contribution in [3.63, 3.8) is 0 Å². The Balaban J connectivity index is 2.00. The summed E-state index contributed by atoms with van der Waals surface area (Å²) >= 11 is 5.92. The highest BCUT2D eigenvalue weighted by Crippen LogP contribution is 2.16. The van der Waals surface area contributed by atoms with E-state index in [0.717, 1.165) is 5.56 Å². The molecular weight excluding hydrogens is 406 g/mol. The monoisotopic (exact) mass is 427 g/mol. The van der Waals surface area contributed by atoms with Crippen molar-refractivity contribution in [3.05, 3.63) is 80.7 Å². The summed E-state index contributed by atoms with van der Waals surface area (Å²) in [6.07, 6.45) is -0.0714. The van der Waals surface area contributed by atoms with Crippen LogP contribution in [0.2, 0.25) is 5.02 Å². The molecule has 8 heteroatoms. The molecule has 1 heterocycles. The number of carbonyl (C=O) groups excluding carboxylic acids is 1. The maximum Gasteiger partial charge on any atom is 0.311 e. The molecule has 1 N–H and O–H groups in total. The summed E-state index contributed by atoms with van der Waals surface area (Å²) in [5.74, 6) is 0.221. The van der Waals surface area contributed by atoms with Gasteiger partial charge < -0.3 is 9.47 Å². The Bertz CT molecular complexity index is 1110. The lowest BCUT2D eigenvalue weighted by molar-refractivity contribution is -0.139. The molecule has 7 nitrogen and oxygen atoms in total. The van der Waals surface area contributed by atoms with E-state index in [9.17, 15) is 9.59 Å². The molecular formula is C22H22ClN3O4. The van der Waals surface area contributed by atoms with Crippen LogP contribution in [0.3, 0.4) is 0 Å². The normalized spacial score (nSPS) is 11.4. The molecule has 0 aliphatic rings. The average molecular weight is 428 g/mol. The summed E-state index contributed by atoms with van der Waals surface area (Å²) in [6.45, 7) is 2.13. The number of hydrogen-bond acceptors (Lipinski definition) is 5. The summed E-state index contributed by atoms with van der Waals surface area (Å²) < 4.78 is 11.3. The topological polar surface area (TPSA) is 85.7 Å². The summed E-state index contributed by atoms with van der Waals surface area (Å²) in [4.78, 5) is 29.6. The van der Waals surface area contributed by atoms with Crippen LogP contribution in [0.15, 0.2) is 58.3 Å². The highest BCUT2D eigenvalue weighted by molar-refractivity contribution is 6.30. The molecule has 0 spiro atoms. The molecule has 0 saturated carbocycles. The number of carbonyl (C=O) groups is 1. The maximum absolute atomic E-state index is 13.2. The van der Waals surface area contributed by atoms with E-state index in [0.29, 0.717) is 40.0 Å². The Morgan fingerprint density at radius 2 is 1.77 bits per heavy atom. The quantitative estimate of drug-likeness (QED) is 0.461. The Morgan fingerprint density at radius 3 is 2.37 bits per heavy atom. The average Bonchev–Trinajstić information content (AvgIpc) is 3.08. The number of ether oxygens (including phenoxy) is 2. The lowest BCUT2D eigenvalue weighted by Crippen LogP contribution is -2.20. The fourth-order valence-corrected chi connectivity index (χ4v) is 3.12. The number of rotatable bonds is 7. The molecule has 2 aromatic carbocycles. The van der Waals surface area contributed by atoms with Crippen LogP contribution in [0.25, 0.3) is 5.69 Å². The number of halogens is 1. The Kier molecular flexibility index (Phi) is 6.74. The number of esters is 1. The molecule has 0 saturated heterocycles. The first-order valence-electron chi connectivity index (χ1n) is 9.24. The molecule has 156 valence electrons. The minimum atomic E-state index is -0.454. The number of nitrogens with zero attached hydrogens (tertiary/aromatic N) is 2. The van der Waals surface area contributed by atoms with Gasteiger partial charge in [-0.3, -0.25) is 19.7 Å². The van der Waals surface area contributed by atoms with E-state index in [2.05, 4.69) is 10.1 Å². The first-order chi connectivity index (χ1) is 14.4. The van der Waals surface area contributed by atoms with E-state index in [4.69, 9.17) is 21.1 Å². The molecule has 30 heavy (non-hydrogen) atoms. The molecule has 1 aromatic heterocycles. The van der Waals surface area contributed by atoms with E-state index < -0.39 is 5.97 Å². The van der Waals surface area contributed by atoms with Crippen LogP contribution in [0.4, 0.5) is 0 Å². The lowest BCUT2D eigenvalue weighted by Gasteiger charge is -2.03. The number of aliphatic imine (C=N–C) groups is 1. The standard InChI is InChI=1S/C22H22ClN3O4/c1-14(24-13-15-4-6-16(23)7-5-15)21-19(12-20(27)30-3)25-26(22(21)28)17-8-10-18(29-2)11-9-17/h4-11,25H,12-13H2,1-3H3. The van der Waals surface area contributed by atoms with Gasteiger partial charge in [0.2, 0.25) is 0 Å². The molecule has 0 amide bonds. The Morgan fingerprint density at radius 1 is 1.10 bits per heavy atom. The second kappa shape index (κ2) is 9.45. The first kappa shape index (κ1) is 21.4. The van der Waals surface area contributed by atoms with Gasteiger partial charge in [0, 0.05) is 10.7 Å². The highest BCUT2D eigenvalue weighted by atomic mass is 35.5. The summed E-state index contributed by atoms with van der Waals surface area (Å²) in [5, 5.41) is 3.67. The number of benzene rings is 2. The molecule has 0 bridgehead atoms. The Labute approximate surface area is 178 Å². The van der Waals surface area contributed by atoms with Gasteiger partial charge in [0.15, 0.2) is 0 Å². The molecule has 0 aliphatic carbocycles. The van der Waals surface area contributed by atoms with E-state index in [1.54, 1.807) is 50.4 Å². The van der Waals surface area contributed by atoms with E-state index in [1.165, 1.54) is 11.8 Å². The summed E-state index contributed by atoms with van der Waals surface area (Å²) in [7, 11) is 2.88. The fourth-order valence-electron chi connectivity index (χ4n) is 2.99. The fraction of sp³-hybridized carbons (Fsp3) is 0.227. The van der Waals surface area contributed by atoms with Crippen LogP contribution >= 0.6 is 11.6 Å². The number of aromatic amines is 1. The second-order valence-corrected chi connectivity index (χ2v) is 7.02. The van der Waals surface area contributed by atoms with Crippen molar-refractivity contribution in [1.82, 2.24) is 9.78 Å². The second-order valence-electron chi connectivity index (χ2n) is 6.58. The lowest BCUT2D eigenvalue weighted by atomic mass is 10.1. The van der Waals surface area contributed by atoms with E-state index in [-0.39, 0.29) is 12.0 Å². The third-order valence-electron chi connectivity index (χ3n) is 4.62. The summed E-state index contributed by atoms with van der Waals surface area (Å²) in [6, 6.07) is 14.3. The van der Waals surface area contributed by atoms with Gasteiger partial charge in [0.1, 0.15) is 5.75 Å². The van der Waals surface area contributed by atoms with Gasteiger partial charge in [-0.1, -0.05) is 23.7 Å². The maximum atomic E-state index is 13.2. The Hall–Kier alpha value is -3.32. The van der Waals surface area contributed by atoms with Gasteiger partial charge in [-0.25, -0.2) is 4.68 Å². The van der Waals surface area contributed by atoms with Crippen molar-refractivity contribution in [2.24, 2.45) is 4.99 Å². The highest BCUT2D eigenvalue weighted by Gasteiger charge is 2.20. The van der Waals surface area contributed by atoms with Gasteiger partial charge in [-0.15, -0.1) is 0 Å². The molecule has 3 rings (SSSR count). The SMILES string of the molecule is COC(=O)Cc1[nH]n(-c2ccc(OC)cc2)c(=O)c1C(C)=NCc1ccc(Cl)cc1. The van der Waals surface area contributed by atoms with Crippen molar-refractivity contribution in [2.75, 3.05) is 14.2 Å². The minimum absolute atomic E-state index is 0.0714. The first-order valence-corrected chi connectivity index (χ1v) is 9.61. The van der Waals surface area contributed by atoms with Gasteiger partial charge in [0.25, 0.3) is 5.56 Å². The van der Waals surface area contributed by atoms with E-state index >= 15 is 0 Å². The van der Waals surface area contributed by atoms with Gasteiger partial charge in [-0.05, 0) is 48.9 Å². The van der Waals surface area contributed by atoms with Crippen molar-refractivity contribution < 1.29 is 14.3 Å². The molecule has 0 unspecified atom stereocenters. The zero-order valence-electron chi connectivity index (χ0n) is 16.9. The zero-order valence-corrected chi connectivity index (χ0v) is 17.7. The van der Waals surface area contributed by atoms with Gasteiger partial charge in [-0.2, -0.15) is 0 Å². The molecule has 0 radical (unpaired) electrons. The number of H-pyrrole nitrogens is 1. The molecule has 0 fully saturated rings. The smallest absolute Gasteiger partial charge is 0.311 e. The van der Waals surface area contributed by atoms with Gasteiger partial charge in [0.05, 0.1) is 44.1 Å². The third-order valence-corrected chi connectivity index (χ3v) is 4.87. The number of hydrogen-bond donors (Lipinski definition) is 1. The number of nitrogens with one attached hydrogen (secondary N) is 1.